The highest BCUT2D eigenvalue weighted by Gasteiger charge is 2.34. The third-order valence-corrected chi connectivity index (χ3v) is 5.51. The van der Waals surface area contributed by atoms with Crippen molar-refractivity contribution in [2.45, 2.75) is 58.6 Å². The van der Waals surface area contributed by atoms with Gasteiger partial charge in [0.2, 0.25) is 0 Å². The molecule has 1 N–H and O–H groups in total. The van der Waals surface area contributed by atoms with E-state index in [9.17, 15) is 14.4 Å². The third kappa shape index (κ3) is 5.13. The van der Waals surface area contributed by atoms with Gasteiger partial charge in [0.05, 0.1) is 0 Å². The summed E-state index contributed by atoms with van der Waals surface area (Å²) < 4.78 is 5.29. The maximum absolute atomic E-state index is 12.9. The van der Waals surface area contributed by atoms with Crippen molar-refractivity contribution in [3.8, 4) is 0 Å². The fraction of sp³-hybridized carbons (Fsp3) is 0.400. The molecule has 164 valence electrons. The molecule has 0 fully saturated rings. The zero-order valence-corrected chi connectivity index (χ0v) is 18.8. The molecule has 0 aliphatic carbocycles. The van der Waals surface area contributed by atoms with Crippen LogP contribution in [0.3, 0.4) is 0 Å². The number of amides is 2. The number of nitrogens with one attached hydrogen (secondary N) is 1. The molecule has 2 aromatic rings. The lowest BCUT2D eigenvalue weighted by atomic mass is 9.87. The molecular weight excluding hydrogens is 392 g/mol. The molecule has 0 aromatic heterocycles. The largest absolute Gasteiger partial charge is 0.451 e. The topological polar surface area (TPSA) is 75.7 Å². The maximum Gasteiger partial charge on any atom is 0.326 e. The van der Waals surface area contributed by atoms with E-state index in [-0.39, 0.29) is 29.8 Å². The number of hydrogen-bond donors (Lipinski definition) is 1. The summed E-state index contributed by atoms with van der Waals surface area (Å²) in [6.45, 7) is 9.52. The highest BCUT2D eigenvalue weighted by molar-refractivity contribution is 6.00. The van der Waals surface area contributed by atoms with E-state index in [0.717, 1.165) is 23.2 Å². The van der Waals surface area contributed by atoms with Gasteiger partial charge in [-0.05, 0) is 55.0 Å². The van der Waals surface area contributed by atoms with Gasteiger partial charge in [-0.1, -0.05) is 51.1 Å². The van der Waals surface area contributed by atoms with Crippen molar-refractivity contribution in [1.29, 1.82) is 0 Å². The Morgan fingerprint density at radius 2 is 1.74 bits per heavy atom. The zero-order valence-electron chi connectivity index (χ0n) is 18.8. The Labute approximate surface area is 183 Å². The van der Waals surface area contributed by atoms with Crippen LogP contribution in [0, 0.1) is 0 Å². The predicted molar refractivity (Wildman–Crippen MR) is 120 cm³/mol. The van der Waals surface area contributed by atoms with E-state index >= 15 is 0 Å². The zero-order chi connectivity index (χ0) is 22.8. The Morgan fingerprint density at radius 3 is 2.39 bits per heavy atom. The minimum atomic E-state index is -0.941. The second kappa shape index (κ2) is 8.92. The lowest BCUT2D eigenvalue weighted by Crippen LogP contribution is -2.44. The van der Waals surface area contributed by atoms with E-state index in [1.54, 1.807) is 24.0 Å². The molecule has 1 heterocycles. The highest BCUT2D eigenvalue weighted by atomic mass is 16.5. The van der Waals surface area contributed by atoms with Crippen LogP contribution in [0.5, 0.6) is 0 Å². The quantitative estimate of drug-likeness (QED) is 0.747. The first-order valence-electron chi connectivity index (χ1n) is 10.6. The van der Waals surface area contributed by atoms with E-state index in [1.807, 2.05) is 43.3 Å². The van der Waals surface area contributed by atoms with Crippen LogP contribution in [0.4, 0.5) is 5.69 Å². The van der Waals surface area contributed by atoms with Gasteiger partial charge in [-0.15, -0.1) is 0 Å². The first-order chi connectivity index (χ1) is 14.6. The molecule has 2 aromatic carbocycles. The Hall–Kier alpha value is -3.15. The Morgan fingerprint density at radius 1 is 1.10 bits per heavy atom. The van der Waals surface area contributed by atoms with Crippen molar-refractivity contribution < 1.29 is 19.1 Å². The summed E-state index contributed by atoms with van der Waals surface area (Å²) in [6.07, 6.45) is -0.170. The first-order valence-corrected chi connectivity index (χ1v) is 10.6. The fourth-order valence-corrected chi connectivity index (χ4v) is 3.76. The Balaban J connectivity index is 1.53. The Bertz CT molecular complexity index is 976. The molecule has 31 heavy (non-hydrogen) atoms. The number of nitrogens with zero attached hydrogens (tertiary/aromatic N) is 1. The van der Waals surface area contributed by atoms with Crippen molar-refractivity contribution in [2.75, 3.05) is 11.4 Å². The van der Waals surface area contributed by atoms with Crippen LogP contribution in [-0.4, -0.2) is 36.5 Å². The number of ether oxygens (including phenoxy) is 1. The molecule has 0 bridgehead atoms. The Kier molecular flexibility index (Phi) is 6.48. The summed E-state index contributed by atoms with van der Waals surface area (Å²) in [5.74, 6) is -1.28. The second-order valence-electron chi connectivity index (χ2n) is 9.03. The van der Waals surface area contributed by atoms with Crippen LogP contribution in [-0.2, 0) is 26.2 Å². The van der Waals surface area contributed by atoms with Crippen molar-refractivity contribution in [1.82, 2.24) is 5.32 Å². The number of carbonyl (C=O) groups excluding carboxylic acids is 3. The van der Waals surface area contributed by atoms with Crippen LogP contribution < -0.4 is 10.2 Å². The smallest absolute Gasteiger partial charge is 0.326 e. The number of hydrogen-bond acceptors (Lipinski definition) is 4. The molecule has 0 unspecified atom stereocenters. The van der Waals surface area contributed by atoms with Crippen LogP contribution >= 0.6 is 0 Å². The number of esters is 1. The van der Waals surface area contributed by atoms with Crippen LogP contribution in [0.15, 0.2) is 48.5 Å². The van der Waals surface area contributed by atoms with Gasteiger partial charge in [0, 0.05) is 17.3 Å². The molecule has 3 rings (SSSR count). The van der Waals surface area contributed by atoms with Crippen molar-refractivity contribution in [3.05, 3.63) is 65.2 Å². The number of anilines is 1. The first kappa shape index (κ1) is 22.5. The second-order valence-corrected chi connectivity index (χ2v) is 9.03. The van der Waals surface area contributed by atoms with Gasteiger partial charge in [0.15, 0.2) is 6.10 Å². The van der Waals surface area contributed by atoms with Gasteiger partial charge < -0.3 is 15.0 Å². The summed E-state index contributed by atoms with van der Waals surface area (Å²) in [6, 6.07) is 15.0. The number of fused-ring (bicyclic) bond motifs is 1. The third-order valence-electron chi connectivity index (χ3n) is 5.51. The minimum Gasteiger partial charge on any atom is -0.451 e. The summed E-state index contributed by atoms with van der Waals surface area (Å²) >= 11 is 0. The standard InChI is InChI=1S/C25H30N2O4/c1-16-14-19-8-6-7-9-21(19)27(16)24(30)17(2)31-22(28)15-26-23(29)18-10-12-20(13-11-18)25(3,4)5/h6-13,16-17H,14-15H2,1-5H3,(H,26,29)/t16-,17-/m0/s1. The lowest BCUT2D eigenvalue weighted by Gasteiger charge is -2.26. The molecule has 0 radical (unpaired) electrons. The highest BCUT2D eigenvalue weighted by Crippen LogP contribution is 2.32. The van der Waals surface area contributed by atoms with E-state index in [2.05, 4.69) is 26.1 Å². The summed E-state index contributed by atoms with van der Waals surface area (Å²) in [5, 5.41) is 2.56. The van der Waals surface area contributed by atoms with E-state index in [0.29, 0.717) is 5.56 Å². The number of para-hydroxylation sites is 1. The van der Waals surface area contributed by atoms with Gasteiger partial charge in [-0.2, -0.15) is 0 Å². The SMILES string of the molecule is C[C@H](OC(=O)CNC(=O)c1ccc(C(C)(C)C)cc1)C(=O)N1c2ccccc2C[C@@H]1C. The van der Waals surface area contributed by atoms with Gasteiger partial charge in [0.25, 0.3) is 11.8 Å². The number of carbonyl (C=O) groups is 3. The number of rotatable bonds is 5. The molecule has 2 atom stereocenters. The normalized spacial score (nSPS) is 16.4. The summed E-state index contributed by atoms with van der Waals surface area (Å²) in [5.41, 5.74) is 3.54. The molecule has 2 amide bonds. The van der Waals surface area contributed by atoms with E-state index in [1.165, 1.54) is 0 Å². The molecular formula is C25H30N2O4. The average Bonchev–Trinajstić information content (AvgIpc) is 3.06. The van der Waals surface area contributed by atoms with E-state index < -0.39 is 12.1 Å². The van der Waals surface area contributed by atoms with Gasteiger partial charge in [0.1, 0.15) is 6.54 Å². The molecule has 0 saturated heterocycles. The van der Waals surface area contributed by atoms with Crippen LogP contribution in [0.2, 0.25) is 0 Å². The van der Waals surface area contributed by atoms with Crippen LogP contribution in [0.25, 0.3) is 0 Å². The average molecular weight is 423 g/mol. The molecule has 1 aliphatic heterocycles. The number of benzene rings is 2. The minimum absolute atomic E-state index is 0.00169. The molecule has 6 nitrogen and oxygen atoms in total. The van der Waals surface area contributed by atoms with Crippen molar-refractivity contribution in [3.63, 3.8) is 0 Å². The van der Waals surface area contributed by atoms with Crippen molar-refractivity contribution >= 4 is 23.5 Å². The van der Waals surface area contributed by atoms with Gasteiger partial charge in [-0.25, -0.2) is 0 Å². The maximum atomic E-state index is 12.9. The lowest BCUT2D eigenvalue weighted by molar-refractivity contribution is -0.152. The molecule has 0 spiro atoms. The fourth-order valence-electron chi connectivity index (χ4n) is 3.76. The molecule has 0 saturated carbocycles. The van der Waals surface area contributed by atoms with Crippen molar-refractivity contribution in [2.24, 2.45) is 0 Å². The van der Waals surface area contributed by atoms with Gasteiger partial charge in [-0.3, -0.25) is 14.4 Å². The monoisotopic (exact) mass is 422 g/mol. The summed E-state index contributed by atoms with van der Waals surface area (Å²) in [4.78, 5) is 39.1. The van der Waals surface area contributed by atoms with E-state index in [4.69, 9.17) is 4.74 Å². The van der Waals surface area contributed by atoms with Gasteiger partial charge >= 0.3 is 5.97 Å². The predicted octanol–water partition coefficient (Wildman–Crippen LogP) is 3.62. The summed E-state index contributed by atoms with van der Waals surface area (Å²) in [7, 11) is 0. The molecule has 6 heteroatoms. The van der Waals surface area contributed by atoms with Crippen LogP contribution in [0.1, 0.15) is 56.1 Å². The molecule has 1 aliphatic rings.